The van der Waals surface area contributed by atoms with Gasteiger partial charge >= 0.3 is 0 Å². The predicted molar refractivity (Wildman–Crippen MR) is 128 cm³/mol. The lowest BCUT2D eigenvalue weighted by Crippen LogP contribution is -2.21. The van der Waals surface area contributed by atoms with Crippen molar-refractivity contribution in [2.45, 2.75) is 31.1 Å². The van der Waals surface area contributed by atoms with Gasteiger partial charge in [0.2, 0.25) is 5.91 Å². The molecule has 1 amide bonds. The number of carbonyl (C=O) groups excluding carboxylic acids is 1. The molecule has 0 saturated heterocycles. The number of aryl methyl sites for hydroxylation is 1. The van der Waals surface area contributed by atoms with Crippen LogP contribution >= 0.6 is 0 Å². The van der Waals surface area contributed by atoms with Gasteiger partial charge < -0.3 is 20.1 Å². The summed E-state index contributed by atoms with van der Waals surface area (Å²) >= 11 is 0. The summed E-state index contributed by atoms with van der Waals surface area (Å²) in [6.45, 7) is 0.923. The van der Waals surface area contributed by atoms with Crippen LogP contribution in [0.3, 0.4) is 0 Å². The van der Waals surface area contributed by atoms with Crippen LogP contribution in [0.5, 0.6) is 11.5 Å². The standard InChI is InChI=1S/C25H22F2N6O3/c1-12-28-10-20(36-11-21(26)27)23(29-12)31-22-15-5-3-13(7-19(15)32-33-22)17-9-25(17)16-8-14(35-2)4-6-18(16)30-24(25)34/h3-8,10,17,21H,9,11H2,1-2H3,(H,30,34)(H2,28,29,31,32,33)/t17-,25-/m0/s1. The molecule has 36 heavy (non-hydrogen) atoms. The maximum atomic E-state index is 13.0. The second-order valence-corrected chi connectivity index (χ2v) is 8.93. The number of rotatable bonds is 7. The van der Waals surface area contributed by atoms with Crippen LogP contribution in [-0.2, 0) is 10.2 Å². The number of nitrogens with one attached hydrogen (secondary N) is 3. The van der Waals surface area contributed by atoms with Crippen LogP contribution < -0.4 is 20.1 Å². The molecular formula is C25H22F2N6O3. The van der Waals surface area contributed by atoms with E-state index in [0.29, 0.717) is 23.8 Å². The van der Waals surface area contributed by atoms with E-state index in [4.69, 9.17) is 9.47 Å². The quantitative estimate of drug-likeness (QED) is 0.350. The van der Waals surface area contributed by atoms with E-state index in [1.165, 1.54) is 6.20 Å². The molecular weight excluding hydrogens is 470 g/mol. The molecule has 0 radical (unpaired) electrons. The van der Waals surface area contributed by atoms with Crippen molar-refractivity contribution >= 4 is 34.1 Å². The molecule has 2 aromatic carbocycles. The summed E-state index contributed by atoms with van der Waals surface area (Å²) in [6, 6.07) is 11.5. The normalized spacial score (nSPS) is 20.0. The lowest BCUT2D eigenvalue weighted by Gasteiger charge is -2.11. The summed E-state index contributed by atoms with van der Waals surface area (Å²) in [7, 11) is 1.61. The van der Waals surface area contributed by atoms with Crippen molar-refractivity contribution in [1.82, 2.24) is 20.2 Å². The molecule has 6 rings (SSSR count). The Morgan fingerprint density at radius 2 is 2.08 bits per heavy atom. The Morgan fingerprint density at radius 3 is 2.89 bits per heavy atom. The number of ether oxygens (including phenoxy) is 2. The fourth-order valence-corrected chi connectivity index (χ4v) is 4.97. The zero-order valence-corrected chi connectivity index (χ0v) is 19.4. The first kappa shape index (κ1) is 22.2. The molecule has 1 spiro atoms. The number of nitrogens with zero attached hydrogens (tertiary/aromatic N) is 3. The summed E-state index contributed by atoms with van der Waals surface area (Å²) in [6.07, 6.45) is -0.564. The van der Waals surface area contributed by atoms with E-state index in [0.717, 1.165) is 27.7 Å². The predicted octanol–water partition coefficient (Wildman–Crippen LogP) is 4.43. The molecule has 11 heteroatoms. The number of amides is 1. The maximum absolute atomic E-state index is 13.0. The summed E-state index contributed by atoms with van der Waals surface area (Å²) in [5.74, 6) is 2.01. The Hall–Kier alpha value is -4.28. The summed E-state index contributed by atoms with van der Waals surface area (Å²) < 4.78 is 35.8. The number of fused-ring (bicyclic) bond motifs is 3. The van der Waals surface area contributed by atoms with Crippen LogP contribution in [0.2, 0.25) is 0 Å². The van der Waals surface area contributed by atoms with Crippen LogP contribution in [0, 0.1) is 6.92 Å². The number of hydrogen-bond acceptors (Lipinski definition) is 7. The molecule has 3 N–H and O–H groups in total. The van der Waals surface area contributed by atoms with Crippen LogP contribution in [0.4, 0.5) is 26.1 Å². The SMILES string of the molecule is COc1ccc2c(c1)[C@]1(C[C@H]1c1ccc3c(Nc4nc(C)ncc4OCC(F)F)n[nH]c3c1)C(=O)N2. The van der Waals surface area contributed by atoms with E-state index in [9.17, 15) is 13.6 Å². The van der Waals surface area contributed by atoms with Crippen LogP contribution in [0.15, 0.2) is 42.6 Å². The smallest absolute Gasteiger partial charge is 0.272 e. The Labute approximate surface area is 204 Å². The molecule has 0 unspecified atom stereocenters. The zero-order chi connectivity index (χ0) is 25.0. The second-order valence-electron chi connectivity index (χ2n) is 8.93. The Morgan fingerprint density at radius 1 is 1.22 bits per heavy atom. The molecule has 184 valence electrons. The van der Waals surface area contributed by atoms with Gasteiger partial charge in [0.25, 0.3) is 6.43 Å². The number of hydrogen-bond donors (Lipinski definition) is 3. The third kappa shape index (κ3) is 3.50. The number of aromatic amines is 1. The van der Waals surface area contributed by atoms with E-state index in [2.05, 4.69) is 30.8 Å². The van der Waals surface area contributed by atoms with E-state index in [-0.39, 0.29) is 23.4 Å². The van der Waals surface area contributed by atoms with Crippen molar-refractivity contribution in [3.8, 4) is 11.5 Å². The molecule has 4 aromatic rings. The maximum Gasteiger partial charge on any atom is 0.272 e. The molecule has 2 aromatic heterocycles. The summed E-state index contributed by atoms with van der Waals surface area (Å²) in [5.41, 5.74) is 2.96. The van der Waals surface area contributed by atoms with Gasteiger partial charge in [-0.2, -0.15) is 5.10 Å². The lowest BCUT2D eigenvalue weighted by molar-refractivity contribution is -0.118. The largest absolute Gasteiger partial charge is 0.497 e. The van der Waals surface area contributed by atoms with Gasteiger partial charge in [0, 0.05) is 17.0 Å². The Kier molecular flexibility index (Phi) is 5.02. The minimum absolute atomic E-state index is 0.00160. The Bertz CT molecular complexity index is 1510. The van der Waals surface area contributed by atoms with Crippen molar-refractivity contribution in [2.24, 2.45) is 0 Å². The first-order valence-electron chi connectivity index (χ1n) is 11.4. The van der Waals surface area contributed by atoms with E-state index in [1.54, 1.807) is 14.0 Å². The fourth-order valence-electron chi connectivity index (χ4n) is 4.97. The van der Waals surface area contributed by atoms with E-state index >= 15 is 0 Å². The van der Waals surface area contributed by atoms with E-state index < -0.39 is 18.4 Å². The number of alkyl halides is 2. The van der Waals surface area contributed by atoms with Gasteiger partial charge in [-0.15, -0.1) is 0 Å². The van der Waals surface area contributed by atoms with Gasteiger partial charge in [0.05, 0.1) is 24.2 Å². The number of aromatic nitrogens is 4. The Balaban J connectivity index is 1.29. The molecule has 9 nitrogen and oxygen atoms in total. The van der Waals surface area contributed by atoms with Crippen molar-refractivity contribution in [2.75, 3.05) is 24.4 Å². The molecule has 1 fully saturated rings. The van der Waals surface area contributed by atoms with Gasteiger partial charge in [0.15, 0.2) is 17.4 Å². The van der Waals surface area contributed by atoms with Crippen LogP contribution in [-0.4, -0.2) is 46.2 Å². The monoisotopic (exact) mass is 492 g/mol. The molecule has 0 bridgehead atoms. The van der Waals surface area contributed by atoms with Gasteiger partial charge in [0.1, 0.15) is 18.2 Å². The average Bonchev–Trinajstić information content (AvgIpc) is 3.42. The number of H-pyrrole nitrogens is 1. The van der Waals surface area contributed by atoms with Crippen LogP contribution in [0.25, 0.3) is 10.9 Å². The average molecular weight is 492 g/mol. The second kappa shape index (κ2) is 8.14. The van der Waals surface area contributed by atoms with Crippen molar-refractivity contribution in [1.29, 1.82) is 0 Å². The molecule has 1 aliphatic heterocycles. The van der Waals surface area contributed by atoms with Crippen LogP contribution in [0.1, 0.15) is 29.3 Å². The lowest BCUT2D eigenvalue weighted by atomic mass is 9.91. The number of halogens is 2. The van der Waals surface area contributed by atoms with E-state index in [1.807, 2.05) is 36.4 Å². The van der Waals surface area contributed by atoms with Gasteiger partial charge in [-0.3, -0.25) is 9.89 Å². The van der Waals surface area contributed by atoms with Crippen molar-refractivity contribution in [3.05, 3.63) is 59.5 Å². The summed E-state index contributed by atoms with van der Waals surface area (Å²) in [4.78, 5) is 21.3. The topological polar surface area (TPSA) is 114 Å². The number of benzene rings is 2. The molecule has 3 heterocycles. The molecule has 2 atom stereocenters. The number of carbonyl (C=O) groups is 1. The highest BCUT2D eigenvalue weighted by molar-refractivity contribution is 6.10. The molecule has 1 saturated carbocycles. The van der Waals surface area contributed by atoms with Gasteiger partial charge in [-0.1, -0.05) is 6.07 Å². The fraction of sp³-hybridized carbons (Fsp3) is 0.280. The molecule has 2 aliphatic rings. The minimum Gasteiger partial charge on any atom is -0.497 e. The highest BCUT2D eigenvalue weighted by Gasteiger charge is 2.65. The molecule has 1 aliphatic carbocycles. The minimum atomic E-state index is -2.62. The summed E-state index contributed by atoms with van der Waals surface area (Å²) in [5, 5.41) is 14.2. The van der Waals surface area contributed by atoms with Crippen molar-refractivity contribution in [3.63, 3.8) is 0 Å². The van der Waals surface area contributed by atoms with Gasteiger partial charge in [-0.25, -0.2) is 18.7 Å². The highest BCUT2D eigenvalue weighted by atomic mass is 19.3. The number of anilines is 3. The van der Waals surface area contributed by atoms with Gasteiger partial charge in [-0.05, 0) is 54.8 Å². The first-order chi connectivity index (χ1) is 17.4. The first-order valence-corrected chi connectivity index (χ1v) is 11.4. The zero-order valence-electron chi connectivity index (χ0n) is 19.4. The third-order valence-electron chi connectivity index (χ3n) is 6.79. The third-order valence-corrected chi connectivity index (χ3v) is 6.79. The highest BCUT2D eigenvalue weighted by Crippen LogP contribution is 2.65. The van der Waals surface area contributed by atoms with Crippen molar-refractivity contribution < 1.29 is 23.0 Å². The number of methoxy groups -OCH3 is 1.